The standard InChI is InChI=1S/C29H32O5P2/c1-22-8-5-11-27(18-22)36(34-35(30,31)32,28-12-6-9-23(2)19-28,29-13-7-10-24(3)20-29)21-25-14-16-26(33-4)17-15-25/h5-20H,21H2,1-4H3,(H2,30,31,32). The molecule has 0 saturated heterocycles. The van der Waals surface area contributed by atoms with Gasteiger partial charge in [0, 0.05) is 0 Å². The molecule has 0 bridgehead atoms. The molecule has 0 aliphatic heterocycles. The van der Waals surface area contributed by atoms with E-state index < -0.39 is 14.7 Å². The summed E-state index contributed by atoms with van der Waals surface area (Å²) >= 11 is 0. The topological polar surface area (TPSA) is 76.0 Å². The van der Waals surface area contributed by atoms with Gasteiger partial charge in [-0.3, -0.25) is 0 Å². The third kappa shape index (κ3) is 4.91. The zero-order chi connectivity index (χ0) is 26.0. The molecule has 188 valence electrons. The van der Waals surface area contributed by atoms with E-state index >= 15 is 0 Å². The summed E-state index contributed by atoms with van der Waals surface area (Å²) in [4.78, 5) is 21.1. The van der Waals surface area contributed by atoms with E-state index in [0.717, 1.165) is 38.2 Å². The predicted molar refractivity (Wildman–Crippen MR) is 149 cm³/mol. The van der Waals surface area contributed by atoms with E-state index in [9.17, 15) is 14.4 Å². The van der Waals surface area contributed by atoms with Gasteiger partial charge in [0.25, 0.3) is 0 Å². The maximum absolute atomic E-state index is 13.0. The van der Waals surface area contributed by atoms with Gasteiger partial charge < -0.3 is 0 Å². The van der Waals surface area contributed by atoms with Crippen LogP contribution in [-0.4, -0.2) is 16.9 Å². The molecule has 36 heavy (non-hydrogen) atoms. The molecule has 0 saturated carbocycles. The Bertz CT molecular complexity index is 1310. The Morgan fingerprint density at radius 3 is 1.44 bits per heavy atom. The molecule has 4 aromatic carbocycles. The van der Waals surface area contributed by atoms with Crippen molar-refractivity contribution in [3.63, 3.8) is 0 Å². The molecule has 0 fully saturated rings. The second-order valence-corrected chi connectivity index (χ2v) is 15.2. The van der Waals surface area contributed by atoms with Gasteiger partial charge in [-0.1, -0.05) is 0 Å². The fourth-order valence-corrected chi connectivity index (χ4v) is 13.2. The van der Waals surface area contributed by atoms with Gasteiger partial charge in [-0.05, 0) is 0 Å². The first-order valence-corrected chi connectivity index (χ1v) is 15.6. The molecule has 0 spiro atoms. The number of methoxy groups -OCH3 is 1. The molecule has 5 nitrogen and oxygen atoms in total. The Morgan fingerprint density at radius 2 is 1.11 bits per heavy atom. The number of aryl methyl sites for hydroxylation is 3. The number of benzene rings is 4. The number of phosphoric acid groups is 1. The van der Waals surface area contributed by atoms with Gasteiger partial charge in [0.05, 0.1) is 0 Å². The van der Waals surface area contributed by atoms with Gasteiger partial charge in [-0.2, -0.15) is 0 Å². The molecule has 0 atom stereocenters. The van der Waals surface area contributed by atoms with Crippen LogP contribution in [0.15, 0.2) is 97.1 Å². The van der Waals surface area contributed by atoms with Gasteiger partial charge in [0.1, 0.15) is 0 Å². The van der Waals surface area contributed by atoms with Crippen molar-refractivity contribution < 1.29 is 23.4 Å². The Hall–Kier alpha value is -2.78. The van der Waals surface area contributed by atoms with E-state index in [1.807, 2.05) is 118 Å². The first-order valence-electron chi connectivity index (χ1n) is 11.7. The first kappa shape index (κ1) is 26.3. The summed E-state index contributed by atoms with van der Waals surface area (Å²) in [6.07, 6.45) is 0.261. The van der Waals surface area contributed by atoms with Gasteiger partial charge in [-0.15, -0.1) is 0 Å². The summed E-state index contributed by atoms with van der Waals surface area (Å²) in [5, 5.41) is 2.28. The third-order valence-corrected chi connectivity index (χ3v) is 13.9. The Kier molecular flexibility index (Phi) is 7.26. The molecule has 0 unspecified atom stereocenters. The molecule has 0 amide bonds. The van der Waals surface area contributed by atoms with E-state index in [2.05, 4.69) is 0 Å². The van der Waals surface area contributed by atoms with Crippen LogP contribution in [0.3, 0.4) is 0 Å². The van der Waals surface area contributed by atoms with Gasteiger partial charge in [0.2, 0.25) is 0 Å². The van der Waals surface area contributed by atoms with Crippen LogP contribution in [-0.2, 0) is 15.0 Å². The second-order valence-electron chi connectivity index (χ2n) is 9.31. The van der Waals surface area contributed by atoms with Crippen molar-refractivity contribution in [3.05, 3.63) is 119 Å². The van der Waals surface area contributed by atoms with E-state index in [4.69, 9.17) is 9.05 Å². The van der Waals surface area contributed by atoms with Crippen LogP contribution in [0.4, 0.5) is 0 Å². The fraction of sp³-hybridized carbons (Fsp3) is 0.172. The molecular weight excluding hydrogens is 490 g/mol. The molecule has 4 aromatic rings. The van der Waals surface area contributed by atoms with Crippen molar-refractivity contribution in [2.24, 2.45) is 0 Å². The molecular formula is C29H32O5P2. The summed E-state index contributed by atoms with van der Waals surface area (Å²) in [5.41, 5.74) is 3.81. The van der Waals surface area contributed by atoms with Crippen LogP contribution in [0.5, 0.6) is 5.75 Å². The molecule has 0 aliphatic rings. The van der Waals surface area contributed by atoms with Crippen molar-refractivity contribution in [2.75, 3.05) is 7.11 Å². The van der Waals surface area contributed by atoms with E-state index in [1.54, 1.807) is 7.11 Å². The average molecular weight is 523 g/mol. The van der Waals surface area contributed by atoms with Gasteiger partial charge in [-0.25, -0.2) is 0 Å². The third-order valence-electron chi connectivity index (χ3n) is 6.57. The van der Waals surface area contributed by atoms with Crippen LogP contribution in [0.1, 0.15) is 22.3 Å². The monoisotopic (exact) mass is 522 g/mol. The number of hydrogen-bond acceptors (Lipinski definition) is 3. The van der Waals surface area contributed by atoms with Crippen LogP contribution in [0, 0.1) is 20.8 Å². The average Bonchev–Trinajstić information content (AvgIpc) is 2.83. The molecule has 0 radical (unpaired) electrons. The first-order chi connectivity index (χ1) is 17.0. The number of hydrogen-bond donors (Lipinski definition) is 2. The predicted octanol–water partition coefficient (Wildman–Crippen LogP) is 5.67. The van der Waals surface area contributed by atoms with E-state index in [-0.39, 0.29) is 6.16 Å². The summed E-state index contributed by atoms with van der Waals surface area (Å²) in [6.45, 7) is 1.63. The summed E-state index contributed by atoms with van der Waals surface area (Å²) < 4.78 is 24.7. The quantitative estimate of drug-likeness (QED) is 0.292. The molecule has 2 N–H and O–H groups in total. The zero-order valence-electron chi connectivity index (χ0n) is 21.0. The SMILES string of the molecule is COc1ccc(CP(OP(=O)(O)O)(c2cccc(C)c2)(c2cccc(C)c2)c2cccc(C)c2)cc1. The molecule has 4 rings (SSSR count). The maximum atomic E-state index is 13.0. The number of ether oxygens (including phenoxy) is 1. The van der Waals surface area contributed by atoms with Crippen molar-refractivity contribution >= 4 is 30.6 Å². The summed E-state index contributed by atoms with van der Waals surface area (Å²) in [7, 11) is -3.40. The van der Waals surface area contributed by atoms with Crippen molar-refractivity contribution in [3.8, 4) is 5.75 Å². The van der Waals surface area contributed by atoms with Crippen LogP contribution in [0.2, 0.25) is 0 Å². The van der Waals surface area contributed by atoms with Gasteiger partial charge >= 0.3 is 213 Å². The fourth-order valence-electron chi connectivity index (χ4n) is 4.97. The minimum atomic E-state index is -5.01. The van der Waals surface area contributed by atoms with Crippen molar-refractivity contribution in [2.45, 2.75) is 26.9 Å². The molecule has 0 heterocycles. The molecule has 0 aliphatic carbocycles. The number of rotatable bonds is 8. The minimum absolute atomic E-state index is 0.261. The Balaban J connectivity index is 2.24. The Labute approximate surface area is 213 Å². The molecule has 0 aromatic heterocycles. The summed E-state index contributed by atoms with van der Waals surface area (Å²) in [5.74, 6) is 0.705. The van der Waals surface area contributed by atoms with E-state index in [0.29, 0.717) is 5.75 Å². The van der Waals surface area contributed by atoms with Gasteiger partial charge in [0.15, 0.2) is 0 Å². The second kappa shape index (κ2) is 9.94. The van der Waals surface area contributed by atoms with Crippen LogP contribution < -0.4 is 20.7 Å². The van der Waals surface area contributed by atoms with Crippen LogP contribution >= 0.6 is 14.7 Å². The normalized spacial score (nSPS) is 13.1. The van der Waals surface area contributed by atoms with Crippen molar-refractivity contribution in [1.82, 2.24) is 0 Å². The molecule has 7 heteroatoms. The zero-order valence-corrected chi connectivity index (χ0v) is 22.7. The summed E-state index contributed by atoms with van der Waals surface area (Å²) in [6, 6.07) is 31.1. The Morgan fingerprint density at radius 1 is 0.694 bits per heavy atom. The van der Waals surface area contributed by atoms with Crippen molar-refractivity contribution in [1.29, 1.82) is 0 Å². The van der Waals surface area contributed by atoms with Crippen LogP contribution in [0.25, 0.3) is 0 Å². The van der Waals surface area contributed by atoms with E-state index in [1.165, 1.54) is 0 Å².